The second-order valence-corrected chi connectivity index (χ2v) is 3.42. The zero-order valence-electron chi connectivity index (χ0n) is 9.77. The molecule has 0 spiro atoms. The van der Waals surface area contributed by atoms with Gasteiger partial charge in [-0.3, -0.25) is 0 Å². The predicted octanol–water partition coefficient (Wildman–Crippen LogP) is 1.50. The van der Waals surface area contributed by atoms with Crippen molar-refractivity contribution in [1.29, 1.82) is 0 Å². The summed E-state index contributed by atoms with van der Waals surface area (Å²) >= 11 is 0. The molecule has 0 fully saturated rings. The Morgan fingerprint density at radius 3 is 2.56 bits per heavy atom. The molecule has 0 bridgehead atoms. The quantitative estimate of drug-likeness (QED) is 0.738. The van der Waals surface area contributed by atoms with Gasteiger partial charge in [-0.05, 0) is 31.2 Å². The Kier molecular flexibility index (Phi) is 5.67. The molecule has 0 saturated heterocycles. The van der Waals surface area contributed by atoms with Gasteiger partial charge in [0.1, 0.15) is 5.75 Å². The van der Waals surface area contributed by atoms with E-state index < -0.39 is 6.10 Å². The molecule has 4 nitrogen and oxygen atoms in total. The highest BCUT2D eigenvalue weighted by Crippen LogP contribution is 2.14. The summed E-state index contributed by atoms with van der Waals surface area (Å²) < 4.78 is 10.2. The van der Waals surface area contributed by atoms with E-state index in [0.29, 0.717) is 19.8 Å². The van der Waals surface area contributed by atoms with Crippen LogP contribution in [0.25, 0.3) is 0 Å². The summed E-state index contributed by atoms with van der Waals surface area (Å²) in [6, 6.07) is 7.56. The van der Waals surface area contributed by atoms with E-state index >= 15 is 0 Å². The molecule has 1 aromatic carbocycles. The molecular formula is C12H19NO3. The monoisotopic (exact) mass is 225 g/mol. The molecule has 2 N–H and O–H groups in total. The van der Waals surface area contributed by atoms with E-state index in [-0.39, 0.29) is 0 Å². The van der Waals surface area contributed by atoms with E-state index in [9.17, 15) is 5.11 Å². The summed E-state index contributed by atoms with van der Waals surface area (Å²) in [6.45, 7) is 3.37. The van der Waals surface area contributed by atoms with E-state index in [2.05, 4.69) is 5.32 Å². The van der Waals surface area contributed by atoms with Crippen LogP contribution in [0.4, 0.5) is 5.69 Å². The van der Waals surface area contributed by atoms with Crippen LogP contribution in [0.15, 0.2) is 24.3 Å². The summed E-state index contributed by atoms with van der Waals surface area (Å²) in [4.78, 5) is 0. The fourth-order valence-corrected chi connectivity index (χ4v) is 1.26. The number of nitrogens with one attached hydrogen (secondary N) is 1. The van der Waals surface area contributed by atoms with Gasteiger partial charge in [0.05, 0.1) is 19.8 Å². The number of aliphatic hydroxyl groups is 1. The molecule has 0 heterocycles. The molecule has 0 aliphatic rings. The molecule has 0 radical (unpaired) electrons. The van der Waals surface area contributed by atoms with Gasteiger partial charge >= 0.3 is 0 Å². The van der Waals surface area contributed by atoms with Crippen LogP contribution in [0.5, 0.6) is 5.75 Å². The van der Waals surface area contributed by atoms with Crippen molar-refractivity contribution in [2.24, 2.45) is 0 Å². The van der Waals surface area contributed by atoms with Crippen molar-refractivity contribution in [3.63, 3.8) is 0 Å². The van der Waals surface area contributed by atoms with Gasteiger partial charge in [-0.1, -0.05) is 0 Å². The van der Waals surface area contributed by atoms with Crippen molar-refractivity contribution in [1.82, 2.24) is 0 Å². The maximum Gasteiger partial charge on any atom is 0.119 e. The summed E-state index contributed by atoms with van der Waals surface area (Å²) in [5.74, 6) is 0.820. The van der Waals surface area contributed by atoms with Gasteiger partial charge in [0.15, 0.2) is 0 Å². The topological polar surface area (TPSA) is 50.7 Å². The molecule has 1 rings (SSSR count). The lowest BCUT2D eigenvalue weighted by atomic mass is 10.3. The van der Waals surface area contributed by atoms with Gasteiger partial charge in [0.2, 0.25) is 0 Å². The molecule has 0 aliphatic heterocycles. The standard InChI is InChI=1S/C12H19NO3/c1-3-16-9-11(14)8-13-10-4-6-12(15-2)7-5-10/h4-7,11,13-14H,3,8-9H2,1-2H3. The lowest BCUT2D eigenvalue weighted by Gasteiger charge is -2.12. The van der Waals surface area contributed by atoms with Crippen molar-refractivity contribution in [2.45, 2.75) is 13.0 Å². The average molecular weight is 225 g/mol. The Morgan fingerprint density at radius 1 is 1.31 bits per heavy atom. The molecule has 4 heteroatoms. The zero-order chi connectivity index (χ0) is 11.8. The minimum Gasteiger partial charge on any atom is -0.497 e. The van der Waals surface area contributed by atoms with Gasteiger partial charge in [-0.15, -0.1) is 0 Å². The molecule has 1 atom stereocenters. The Morgan fingerprint density at radius 2 is 2.00 bits per heavy atom. The number of benzene rings is 1. The molecule has 1 unspecified atom stereocenters. The Hall–Kier alpha value is -1.26. The molecule has 0 saturated carbocycles. The van der Waals surface area contributed by atoms with Crippen molar-refractivity contribution < 1.29 is 14.6 Å². The van der Waals surface area contributed by atoms with Crippen LogP contribution in [0.1, 0.15) is 6.92 Å². The summed E-state index contributed by atoms with van der Waals surface area (Å²) in [5, 5.41) is 12.6. The second kappa shape index (κ2) is 7.09. The average Bonchev–Trinajstić information content (AvgIpc) is 2.34. The fraction of sp³-hybridized carbons (Fsp3) is 0.500. The number of anilines is 1. The first-order valence-electron chi connectivity index (χ1n) is 5.40. The van der Waals surface area contributed by atoms with Crippen molar-refractivity contribution in [3.8, 4) is 5.75 Å². The fourth-order valence-electron chi connectivity index (χ4n) is 1.26. The van der Waals surface area contributed by atoms with Crippen LogP contribution in [0.2, 0.25) is 0 Å². The summed E-state index contributed by atoms with van der Waals surface area (Å²) in [6.07, 6.45) is -0.484. The third-order valence-corrected chi connectivity index (χ3v) is 2.15. The third kappa shape index (κ3) is 4.51. The highest BCUT2D eigenvalue weighted by molar-refractivity contribution is 5.46. The maximum atomic E-state index is 9.53. The second-order valence-electron chi connectivity index (χ2n) is 3.42. The van der Waals surface area contributed by atoms with Gasteiger partial charge in [-0.25, -0.2) is 0 Å². The molecule has 90 valence electrons. The predicted molar refractivity (Wildman–Crippen MR) is 64.0 cm³/mol. The third-order valence-electron chi connectivity index (χ3n) is 2.15. The number of aliphatic hydroxyl groups excluding tert-OH is 1. The lowest BCUT2D eigenvalue weighted by molar-refractivity contribution is 0.0496. The van der Waals surface area contributed by atoms with E-state index in [1.807, 2.05) is 31.2 Å². The van der Waals surface area contributed by atoms with Gasteiger partial charge < -0.3 is 19.9 Å². The van der Waals surface area contributed by atoms with Crippen molar-refractivity contribution in [2.75, 3.05) is 32.2 Å². The number of hydrogen-bond donors (Lipinski definition) is 2. The van der Waals surface area contributed by atoms with Crippen molar-refractivity contribution in [3.05, 3.63) is 24.3 Å². The highest BCUT2D eigenvalue weighted by atomic mass is 16.5. The minimum absolute atomic E-state index is 0.361. The summed E-state index contributed by atoms with van der Waals surface area (Å²) in [7, 11) is 1.63. The van der Waals surface area contributed by atoms with Crippen LogP contribution >= 0.6 is 0 Å². The smallest absolute Gasteiger partial charge is 0.119 e. The maximum absolute atomic E-state index is 9.53. The zero-order valence-corrected chi connectivity index (χ0v) is 9.77. The van der Waals surface area contributed by atoms with E-state index in [1.165, 1.54) is 0 Å². The Bertz CT molecular complexity index is 287. The largest absolute Gasteiger partial charge is 0.497 e. The van der Waals surface area contributed by atoms with Crippen LogP contribution in [0, 0.1) is 0 Å². The van der Waals surface area contributed by atoms with Gasteiger partial charge in [-0.2, -0.15) is 0 Å². The van der Waals surface area contributed by atoms with Crippen LogP contribution < -0.4 is 10.1 Å². The van der Waals surface area contributed by atoms with Gasteiger partial charge in [0, 0.05) is 18.8 Å². The first-order chi connectivity index (χ1) is 7.76. The molecule has 0 aromatic heterocycles. The first kappa shape index (κ1) is 12.8. The SMILES string of the molecule is CCOCC(O)CNc1ccc(OC)cc1. The number of methoxy groups -OCH3 is 1. The van der Waals surface area contributed by atoms with Gasteiger partial charge in [0.25, 0.3) is 0 Å². The van der Waals surface area contributed by atoms with Crippen LogP contribution in [-0.2, 0) is 4.74 Å². The number of ether oxygens (including phenoxy) is 2. The summed E-state index contributed by atoms with van der Waals surface area (Å²) in [5.41, 5.74) is 0.955. The molecule has 0 aliphatic carbocycles. The first-order valence-corrected chi connectivity index (χ1v) is 5.40. The minimum atomic E-state index is -0.484. The van der Waals surface area contributed by atoms with Crippen molar-refractivity contribution >= 4 is 5.69 Å². The van der Waals surface area contributed by atoms with E-state index in [4.69, 9.17) is 9.47 Å². The van der Waals surface area contributed by atoms with Crippen LogP contribution in [0.3, 0.4) is 0 Å². The van der Waals surface area contributed by atoms with Crippen LogP contribution in [-0.4, -0.2) is 38.1 Å². The molecule has 1 aromatic rings. The highest BCUT2D eigenvalue weighted by Gasteiger charge is 2.03. The molecule has 0 amide bonds. The normalized spacial score (nSPS) is 12.2. The Balaban J connectivity index is 2.30. The van der Waals surface area contributed by atoms with E-state index in [0.717, 1.165) is 11.4 Å². The van der Waals surface area contributed by atoms with E-state index in [1.54, 1.807) is 7.11 Å². The molecule has 16 heavy (non-hydrogen) atoms. The number of rotatable bonds is 7. The lowest BCUT2D eigenvalue weighted by Crippen LogP contribution is -2.24. The molecular weight excluding hydrogens is 206 g/mol. The number of hydrogen-bond acceptors (Lipinski definition) is 4. The Labute approximate surface area is 96.2 Å².